The summed E-state index contributed by atoms with van der Waals surface area (Å²) < 4.78 is 5.64. The van der Waals surface area contributed by atoms with E-state index >= 15 is 4.79 Å². The van der Waals surface area contributed by atoms with Gasteiger partial charge in [-0.25, -0.2) is 4.90 Å². The second-order valence-corrected chi connectivity index (χ2v) is 16.0. The summed E-state index contributed by atoms with van der Waals surface area (Å²) >= 11 is 6.43. The molecule has 0 radical (unpaired) electrons. The molecule has 6 atom stereocenters. The van der Waals surface area contributed by atoms with Gasteiger partial charge in [0.05, 0.1) is 36.0 Å². The third-order valence-electron chi connectivity index (χ3n) is 12.9. The smallest absolute Gasteiger partial charge is 0.246 e. The van der Waals surface area contributed by atoms with Gasteiger partial charge in [0.15, 0.2) is 0 Å². The Labute approximate surface area is 325 Å². The van der Waals surface area contributed by atoms with Gasteiger partial charge in [-0.15, -0.1) is 0 Å². The molecule has 3 heterocycles. The predicted molar refractivity (Wildman–Crippen MR) is 207 cm³/mol. The summed E-state index contributed by atoms with van der Waals surface area (Å²) in [5.74, 6) is -4.31. The molecule has 4 aromatic rings. The molecule has 3 aliphatic heterocycles. The highest BCUT2D eigenvalue weighted by atomic mass is 35.5. The minimum absolute atomic E-state index is 0.0531. The van der Waals surface area contributed by atoms with E-state index < -0.39 is 46.8 Å². The van der Waals surface area contributed by atoms with Crippen molar-refractivity contribution >= 4 is 40.9 Å². The number of likely N-dealkylation sites (tertiary alicyclic amines) is 2. The van der Waals surface area contributed by atoms with Crippen LogP contribution in [0.3, 0.4) is 0 Å². The topological polar surface area (TPSA) is 107 Å². The van der Waals surface area contributed by atoms with Gasteiger partial charge >= 0.3 is 0 Å². The summed E-state index contributed by atoms with van der Waals surface area (Å²) in [6, 6.07) is 31.0. The molecular weight excluding hydrogens is 714 g/mol. The van der Waals surface area contributed by atoms with Gasteiger partial charge in [-0.1, -0.05) is 90.0 Å². The first-order valence-electron chi connectivity index (χ1n) is 19.1. The van der Waals surface area contributed by atoms with Crippen molar-refractivity contribution in [2.75, 3.05) is 25.1 Å². The zero-order chi connectivity index (χ0) is 38.0. The van der Waals surface area contributed by atoms with Crippen molar-refractivity contribution in [3.8, 4) is 11.5 Å². The lowest BCUT2D eigenvalue weighted by Crippen LogP contribution is -2.53. The minimum atomic E-state index is -1.49. The third-order valence-corrected chi connectivity index (χ3v) is 13.2. The molecule has 4 amide bonds. The average molecular weight is 756 g/mol. The van der Waals surface area contributed by atoms with Crippen LogP contribution in [0, 0.1) is 23.7 Å². The Kier molecular flexibility index (Phi) is 8.89. The molecular formula is C45H42ClN3O6. The molecule has 1 saturated carbocycles. The molecule has 3 saturated heterocycles. The van der Waals surface area contributed by atoms with Gasteiger partial charge in [0.25, 0.3) is 0 Å². The number of rotatable bonds is 7. The maximum absolute atomic E-state index is 15.4. The van der Waals surface area contributed by atoms with Crippen LogP contribution in [-0.2, 0) is 31.1 Å². The number of halogens is 1. The van der Waals surface area contributed by atoms with Crippen LogP contribution in [0.15, 0.2) is 115 Å². The molecule has 9 nitrogen and oxygen atoms in total. The normalized spacial score (nSPS) is 28.2. The number of amides is 4. The van der Waals surface area contributed by atoms with Crippen LogP contribution in [0.5, 0.6) is 11.5 Å². The second kappa shape index (κ2) is 13.8. The number of nitrogens with zero attached hydrogens (tertiary/aromatic N) is 3. The SMILES string of the molecule is COc1ccc(O)c(C2C3=CCC4C(=O)N(C5CCN(Cc6ccccc6)CC5)C(=O)C4C3CC3C(=O)N(c4cccc(Cl)c4)C(=O)C32c2ccccc2)c1. The summed E-state index contributed by atoms with van der Waals surface area (Å²) in [5.41, 5.74) is 1.95. The van der Waals surface area contributed by atoms with E-state index in [9.17, 15) is 19.5 Å². The molecule has 2 aliphatic carbocycles. The van der Waals surface area contributed by atoms with Gasteiger partial charge in [-0.2, -0.15) is 0 Å². The van der Waals surface area contributed by atoms with E-state index in [-0.39, 0.29) is 30.0 Å². The number of methoxy groups -OCH3 is 1. The highest BCUT2D eigenvalue weighted by Crippen LogP contribution is 2.65. The summed E-state index contributed by atoms with van der Waals surface area (Å²) in [5, 5.41) is 12.1. The van der Waals surface area contributed by atoms with E-state index in [0.29, 0.717) is 46.8 Å². The van der Waals surface area contributed by atoms with E-state index in [4.69, 9.17) is 16.3 Å². The molecule has 4 fully saturated rings. The van der Waals surface area contributed by atoms with Gasteiger partial charge in [0.1, 0.15) is 11.5 Å². The number of ether oxygens (including phenoxy) is 1. The fourth-order valence-corrected chi connectivity index (χ4v) is 10.7. The molecule has 0 bridgehead atoms. The zero-order valence-electron chi connectivity index (χ0n) is 30.5. The number of hydrogen-bond acceptors (Lipinski definition) is 7. The van der Waals surface area contributed by atoms with Crippen molar-refractivity contribution in [1.29, 1.82) is 0 Å². The van der Waals surface area contributed by atoms with E-state index in [1.165, 1.54) is 17.6 Å². The van der Waals surface area contributed by atoms with Crippen LogP contribution in [-0.4, -0.2) is 64.8 Å². The van der Waals surface area contributed by atoms with Gasteiger partial charge < -0.3 is 9.84 Å². The van der Waals surface area contributed by atoms with Gasteiger partial charge in [0, 0.05) is 42.2 Å². The van der Waals surface area contributed by atoms with Crippen molar-refractivity contribution in [2.45, 2.75) is 49.6 Å². The standard InChI is InChI=1S/C45H42ClN3O6/c1-55-32-15-18-38(50)36(24-32)40-33-16-17-34-39(43(53)48(41(34)51)30-19-21-47(22-20-30)26-27-9-4-2-5-10-27)35(33)25-37-42(52)49(31-14-8-13-29(46)23-31)44(54)45(37,40)28-11-6-3-7-12-28/h2-16,18,23-24,30,34-35,37,39-40,50H,17,19-22,25-26H2,1H3. The Hall–Kier alpha value is -5.25. The Morgan fingerprint density at radius 1 is 0.818 bits per heavy atom. The largest absolute Gasteiger partial charge is 0.508 e. The average Bonchev–Trinajstić information content (AvgIpc) is 3.60. The minimum Gasteiger partial charge on any atom is -0.508 e. The third kappa shape index (κ3) is 5.53. The molecule has 10 heteroatoms. The highest BCUT2D eigenvalue weighted by molar-refractivity contribution is 6.32. The monoisotopic (exact) mass is 755 g/mol. The van der Waals surface area contributed by atoms with E-state index in [2.05, 4.69) is 17.0 Å². The fourth-order valence-electron chi connectivity index (χ4n) is 10.5. The number of imide groups is 2. The molecule has 5 aliphatic rings. The Bertz CT molecular complexity index is 2220. The molecule has 280 valence electrons. The van der Waals surface area contributed by atoms with Crippen molar-refractivity contribution in [3.05, 3.63) is 136 Å². The van der Waals surface area contributed by atoms with Gasteiger partial charge in [-0.3, -0.25) is 29.0 Å². The summed E-state index contributed by atoms with van der Waals surface area (Å²) in [7, 11) is 1.54. The number of benzene rings is 4. The molecule has 4 aromatic carbocycles. The Balaban J connectivity index is 1.14. The van der Waals surface area contributed by atoms with Crippen molar-refractivity contribution in [3.63, 3.8) is 0 Å². The predicted octanol–water partition coefficient (Wildman–Crippen LogP) is 6.88. The Morgan fingerprint density at radius 3 is 2.25 bits per heavy atom. The van der Waals surface area contributed by atoms with Gasteiger partial charge in [0.2, 0.25) is 23.6 Å². The number of phenols is 1. The number of allylic oxidation sites excluding steroid dienone is 2. The first-order chi connectivity index (χ1) is 26.7. The van der Waals surface area contributed by atoms with E-state index in [1.54, 1.807) is 47.4 Å². The number of phenolic OH excluding ortho intramolecular Hbond substituents is 1. The van der Waals surface area contributed by atoms with Gasteiger partial charge in [-0.05, 0) is 79.1 Å². The number of anilines is 1. The van der Waals surface area contributed by atoms with Crippen molar-refractivity contribution in [1.82, 2.24) is 9.80 Å². The van der Waals surface area contributed by atoms with Crippen molar-refractivity contribution < 1.29 is 29.0 Å². The van der Waals surface area contributed by atoms with E-state index in [0.717, 1.165) is 25.2 Å². The molecule has 6 unspecified atom stereocenters. The molecule has 0 aromatic heterocycles. The van der Waals surface area contributed by atoms with Crippen LogP contribution in [0.25, 0.3) is 0 Å². The number of carbonyl (C=O) groups is 4. The summed E-state index contributed by atoms with van der Waals surface area (Å²) in [4.78, 5) is 64.8. The fraction of sp³-hybridized carbons (Fsp3) is 0.333. The summed E-state index contributed by atoms with van der Waals surface area (Å²) in [6.07, 6.45) is 3.91. The first kappa shape index (κ1) is 35.5. The zero-order valence-corrected chi connectivity index (χ0v) is 31.3. The van der Waals surface area contributed by atoms with Crippen molar-refractivity contribution in [2.24, 2.45) is 23.7 Å². The molecule has 9 rings (SSSR count). The van der Waals surface area contributed by atoms with Crippen LogP contribution in [0.1, 0.15) is 48.3 Å². The number of carbonyl (C=O) groups excluding carboxylic acids is 4. The maximum Gasteiger partial charge on any atom is 0.246 e. The molecule has 0 spiro atoms. The first-order valence-corrected chi connectivity index (χ1v) is 19.5. The lowest BCUT2D eigenvalue weighted by atomic mass is 9.49. The van der Waals surface area contributed by atoms with Crippen LogP contribution < -0.4 is 9.64 Å². The van der Waals surface area contributed by atoms with Crippen LogP contribution in [0.2, 0.25) is 5.02 Å². The van der Waals surface area contributed by atoms with E-state index in [1.807, 2.05) is 54.6 Å². The number of fused-ring (bicyclic) bond motifs is 4. The highest BCUT2D eigenvalue weighted by Gasteiger charge is 2.70. The number of hydrogen-bond donors (Lipinski definition) is 1. The lowest BCUT2D eigenvalue weighted by Gasteiger charge is -2.50. The quantitative estimate of drug-likeness (QED) is 0.162. The maximum atomic E-state index is 15.4. The Morgan fingerprint density at radius 2 is 1.55 bits per heavy atom. The summed E-state index contributed by atoms with van der Waals surface area (Å²) in [6.45, 7) is 2.36. The number of piperidine rings is 1. The van der Waals surface area contributed by atoms with Crippen LogP contribution >= 0.6 is 11.6 Å². The molecule has 55 heavy (non-hydrogen) atoms. The lowest BCUT2D eigenvalue weighted by molar-refractivity contribution is -0.144. The van der Waals surface area contributed by atoms with Crippen LogP contribution in [0.4, 0.5) is 5.69 Å². The number of aromatic hydroxyl groups is 1. The second-order valence-electron chi connectivity index (χ2n) is 15.6. The molecule has 1 N–H and O–H groups in total.